The van der Waals surface area contributed by atoms with Crippen LogP contribution in [0.25, 0.3) is 0 Å². The van der Waals surface area contributed by atoms with Gasteiger partial charge in [0.2, 0.25) is 5.91 Å². The number of carbonyl (C=O) groups is 1. The second kappa shape index (κ2) is 11.0. The summed E-state index contributed by atoms with van der Waals surface area (Å²) in [5.74, 6) is 0.559. The molecule has 1 saturated heterocycles. The third-order valence-corrected chi connectivity index (χ3v) is 4.67. The number of halogens is 2. The molecule has 0 atom stereocenters. The number of benzene rings is 2. The Morgan fingerprint density at radius 1 is 1.24 bits per heavy atom. The van der Waals surface area contributed by atoms with Crippen molar-refractivity contribution in [2.45, 2.75) is 13.1 Å². The highest BCUT2D eigenvalue weighted by molar-refractivity contribution is 14.0. The van der Waals surface area contributed by atoms with Gasteiger partial charge in [-0.15, -0.1) is 24.0 Å². The molecule has 2 aromatic carbocycles. The molecular weight excluding hydrogens is 484 g/mol. The quantitative estimate of drug-likeness (QED) is 0.368. The predicted molar refractivity (Wildman–Crippen MR) is 125 cm³/mol. The average Bonchev–Trinajstić information content (AvgIpc) is 2.69. The lowest BCUT2D eigenvalue weighted by atomic mass is 10.2. The number of hydrogen-bond donors (Lipinski definition) is 2. The Morgan fingerprint density at radius 3 is 2.66 bits per heavy atom. The zero-order valence-corrected chi connectivity index (χ0v) is 19.0. The molecule has 1 heterocycles. The van der Waals surface area contributed by atoms with Crippen LogP contribution in [-0.4, -0.2) is 50.5 Å². The van der Waals surface area contributed by atoms with Crippen LogP contribution in [-0.2, 0) is 17.9 Å². The molecule has 1 fully saturated rings. The van der Waals surface area contributed by atoms with E-state index in [0.29, 0.717) is 26.2 Å². The molecule has 0 radical (unpaired) electrons. The van der Waals surface area contributed by atoms with E-state index in [-0.39, 0.29) is 35.7 Å². The van der Waals surface area contributed by atoms with Crippen molar-refractivity contribution in [1.82, 2.24) is 15.5 Å². The summed E-state index contributed by atoms with van der Waals surface area (Å²) < 4.78 is 13.4. The third-order valence-electron chi connectivity index (χ3n) is 4.67. The number of aliphatic imine (C=N–C) groups is 1. The monoisotopic (exact) mass is 511 g/mol. The molecule has 0 aromatic heterocycles. The maximum atomic E-state index is 13.4. The van der Waals surface area contributed by atoms with Crippen LogP contribution in [0.4, 0.5) is 10.1 Å². The normalized spacial score (nSPS) is 14.1. The van der Waals surface area contributed by atoms with Gasteiger partial charge in [0, 0.05) is 46.0 Å². The third kappa shape index (κ3) is 6.59. The van der Waals surface area contributed by atoms with Crippen molar-refractivity contribution in [2.75, 3.05) is 38.6 Å². The molecule has 0 unspecified atom stereocenters. The fourth-order valence-electron chi connectivity index (χ4n) is 3.23. The first-order valence-corrected chi connectivity index (χ1v) is 9.32. The molecule has 1 aliphatic rings. The summed E-state index contributed by atoms with van der Waals surface area (Å²) in [7, 11) is 3.65. The summed E-state index contributed by atoms with van der Waals surface area (Å²) in [5.41, 5.74) is 3.05. The zero-order valence-electron chi connectivity index (χ0n) is 16.7. The Morgan fingerprint density at radius 2 is 2.00 bits per heavy atom. The molecule has 0 saturated carbocycles. The van der Waals surface area contributed by atoms with Crippen LogP contribution in [0, 0.1) is 5.82 Å². The standard InChI is InChI=1S/C21H26FN5O.HI/c1-23-21(26(2)14-17-4-3-5-18(22)12-17)25-13-16-6-8-19(9-7-16)27-11-10-24-20(28)15-27;/h3-9,12H,10-11,13-15H2,1-2H3,(H,23,25)(H,24,28);1H. The number of piperazine rings is 1. The van der Waals surface area contributed by atoms with E-state index in [1.165, 1.54) is 12.1 Å². The van der Waals surface area contributed by atoms with E-state index in [0.717, 1.165) is 29.3 Å². The lowest BCUT2D eigenvalue weighted by molar-refractivity contribution is -0.120. The zero-order chi connectivity index (χ0) is 19.9. The molecule has 3 rings (SSSR count). The largest absolute Gasteiger partial charge is 0.360 e. The van der Waals surface area contributed by atoms with E-state index in [1.54, 1.807) is 13.1 Å². The summed E-state index contributed by atoms with van der Waals surface area (Å²) in [6.07, 6.45) is 0. The second-order valence-corrected chi connectivity index (χ2v) is 6.82. The van der Waals surface area contributed by atoms with E-state index >= 15 is 0 Å². The topological polar surface area (TPSA) is 60.0 Å². The smallest absolute Gasteiger partial charge is 0.239 e. The van der Waals surface area contributed by atoms with Crippen LogP contribution in [0.3, 0.4) is 0 Å². The van der Waals surface area contributed by atoms with E-state index in [4.69, 9.17) is 0 Å². The summed E-state index contributed by atoms with van der Waals surface area (Å²) in [5, 5.41) is 6.16. The Labute approximate surface area is 188 Å². The summed E-state index contributed by atoms with van der Waals surface area (Å²) >= 11 is 0. The van der Waals surface area contributed by atoms with E-state index in [2.05, 4.69) is 32.7 Å². The van der Waals surface area contributed by atoms with Gasteiger partial charge < -0.3 is 20.4 Å². The number of guanidine groups is 1. The number of nitrogens with one attached hydrogen (secondary N) is 2. The first-order valence-electron chi connectivity index (χ1n) is 9.32. The first kappa shape index (κ1) is 22.9. The van der Waals surface area contributed by atoms with Crippen molar-refractivity contribution in [2.24, 2.45) is 4.99 Å². The van der Waals surface area contributed by atoms with E-state index in [9.17, 15) is 9.18 Å². The Bertz CT molecular complexity index is 843. The lowest BCUT2D eigenvalue weighted by Gasteiger charge is -2.28. The Hall–Kier alpha value is -2.36. The number of amides is 1. The minimum Gasteiger partial charge on any atom is -0.360 e. The van der Waals surface area contributed by atoms with Crippen LogP contribution in [0.15, 0.2) is 53.5 Å². The van der Waals surface area contributed by atoms with Gasteiger partial charge in [-0.25, -0.2) is 4.39 Å². The van der Waals surface area contributed by atoms with Crippen molar-refractivity contribution in [3.8, 4) is 0 Å². The maximum absolute atomic E-state index is 13.4. The van der Waals surface area contributed by atoms with Gasteiger partial charge in [0.15, 0.2) is 5.96 Å². The van der Waals surface area contributed by atoms with Crippen LogP contribution >= 0.6 is 24.0 Å². The fourth-order valence-corrected chi connectivity index (χ4v) is 3.23. The SMILES string of the molecule is CN=C(NCc1ccc(N2CCNC(=O)C2)cc1)N(C)Cc1cccc(F)c1.I. The minimum absolute atomic E-state index is 0. The molecule has 2 aromatic rings. The first-order chi connectivity index (χ1) is 13.5. The van der Waals surface area contributed by atoms with Gasteiger partial charge in [0.25, 0.3) is 0 Å². The molecule has 8 heteroatoms. The van der Waals surface area contributed by atoms with Crippen molar-refractivity contribution < 1.29 is 9.18 Å². The molecule has 1 amide bonds. The molecular formula is C21H27FIN5O. The van der Waals surface area contributed by atoms with E-state index in [1.807, 2.05) is 30.1 Å². The van der Waals surface area contributed by atoms with Crippen LogP contribution in [0.2, 0.25) is 0 Å². The second-order valence-electron chi connectivity index (χ2n) is 6.82. The molecule has 29 heavy (non-hydrogen) atoms. The number of nitrogens with zero attached hydrogens (tertiary/aromatic N) is 3. The fraction of sp³-hybridized carbons (Fsp3) is 0.333. The maximum Gasteiger partial charge on any atom is 0.239 e. The average molecular weight is 511 g/mol. The number of anilines is 1. The molecule has 1 aliphatic heterocycles. The summed E-state index contributed by atoms with van der Waals surface area (Å²) in [6, 6.07) is 14.8. The van der Waals surface area contributed by atoms with Gasteiger partial charge in [0.1, 0.15) is 5.82 Å². The highest BCUT2D eigenvalue weighted by atomic mass is 127. The minimum atomic E-state index is -0.236. The number of hydrogen-bond acceptors (Lipinski definition) is 3. The predicted octanol–water partition coefficient (Wildman–Crippen LogP) is 2.59. The van der Waals surface area contributed by atoms with Crippen molar-refractivity contribution in [3.05, 3.63) is 65.5 Å². The molecule has 2 N–H and O–H groups in total. The van der Waals surface area contributed by atoms with Crippen LogP contribution in [0.1, 0.15) is 11.1 Å². The van der Waals surface area contributed by atoms with Gasteiger partial charge in [-0.05, 0) is 35.4 Å². The van der Waals surface area contributed by atoms with Crippen molar-refractivity contribution >= 4 is 41.5 Å². The highest BCUT2D eigenvalue weighted by Crippen LogP contribution is 2.16. The molecule has 6 nitrogen and oxygen atoms in total. The number of rotatable bonds is 5. The van der Waals surface area contributed by atoms with Gasteiger partial charge in [-0.2, -0.15) is 0 Å². The Balaban J connectivity index is 0.00000300. The van der Waals surface area contributed by atoms with Gasteiger partial charge in [-0.3, -0.25) is 9.79 Å². The molecule has 0 aliphatic carbocycles. The molecule has 156 valence electrons. The van der Waals surface area contributed by atoms with Crippen molar-refractivity contribution in [3.63, 3.8) is 0 Å². The molecule has 0 bridgehead atoms. The van der Waals surface area contributed by atoms with Crippen molar-refractivity contribution in [1.29, 1.82) is 0 Å². The summed E-state index contributed by atoms with van der Waals surface area (Å²) in [6.45, 7) is 3.08. The molecule has 0 spiro atoms. The Kier molecular flexibility index (Phi) is 8.69. The van der Waals surface area contributed by atoms with Gasteiger partial charge in [-0.1, -0.05) is 24.3 Å². The van der Waals surface area contributed by atoms with Crippen LogP contribution in [0.5, 0.6) is 0 Å². The lowest BCUT2D eigenvalue weighted by Crippen LogP contribution is -2.47. The van der Waals surface area contributed by atoms with E-state index < -0.39 is 0 Å². The summed E-state index contributed by atoms with van der Waals surface area (Å²) in [4.78, 5) is 19.9. The van der Waals surface area contributed by atoms with Gasteiger partial charge >= 0.3 is 0 Å². The number of carbonyl (C=O) groups excluding carboxylic acids is 1. The van der Waals surface area contributed by atoms with Gasteiger partial charge in [0.05, 0.1) is 6.54 Å². The van der Waals surface area contributed by atoms with Crippen LogP contribution < -0.4 is 15.5 Å². The highest BCUT2D eigenvalue weighted by Gasteiger charge is 2.16.